The fourth-order valence-electron chi connectivity index (χ4n) is 2.94. The molecule has 2 atom stereocenters. The van der Waals surface area contributed by atoms with Crippen molar-refractivity contribution >= 4 is 10.8 Å². The molecule has 1 aliphatic heterocycles. The third-order valence-electron chi connectivity index (χ3n) is 3.96. The fourth-order valence-corrected chi connectivity index (χ4v) is 2.94. The quantitative estimate of drug-likeness (QED) is 0.919. The first-order chi connectivity index (χ1) is 9.35. The lowest BCUT2D eigenvalue weighted by Gasteiger charge is -2.20. The molecule has 0 saturated carbocycles. The van der Waals surface area contributed by atoms with Crippen LogP contribution in [0.1, 0.15) is 18.1 Å². The summed E-state index contributed by atoms with van der Waals surface area (Å²) in [5.74, 6) is 1.32. The van der Waals surface area contributed by atoms with E-state index in [-0.39, 0.29) is 6.10 Å². The molecule has 100 valence electrons. The Balaban J connectivity index is 2.14. The van der Waals surface area contributed by atoms with E-state index in [2.05, 4.69) is 24.3 Å². The monoisotopic (exact) mass is 257 g/mol. The number of methoxy groups -OCH3 is 1. The van der Waals surface area contributed by atoms with Crippen LogP contribution in [0.5, 0.6) is 5.75 Å². The molecule has 3 heteroatoms. The summed E-state index contributed by atoms with van der Waals surface area (Å²) in [7, 11) is 1.70. The lowest BCUT2D eigenvalue weighted by Crippen LogP contribution is -2.18. The summed E-state index contributed by atoms with van der Waals surface area (Å²) in [5.41, 5.74) is 7.08. The fraction of sp³-hybridized carbons (Fsp3) is 0.375. The molecule has 0 aliphatic carbocycles. The highest BCUT2D eigenvalue weighted by Crippen LogP contribution is 2.39. The highest BCUT2D eigenvalue weighted by atomic mass is 16.5. The summed E-state index contributed by atoms with van der Waals surface area (Å²) in [6.07, 6.45) is 1.16. The molecule has 0 spiro atoms. The Kier molecular flexibility index (Phi) is 3.40. The van der Waals surface area contributed by atoms with Gasteiger partial charge in [0, 0.05) is 17.9 Å². The van der Waals surface area contributed by atoms with Gasteiger partial charge in [-0.1, -0.05) is 30.3 Å². The molecule has 0 amide bonds. The number of hydrogen-bond donors (Lipinski definition) is 1. The Morgan fingerprint density at radius 2 is 2.00 bits per heavy atom. The van der Waals surface area contributed by atoms with Gasteiger partial charge in [0.2, 0.25) is 0 Å². The third-order valence-corrected chi connectivity index (χ3v) is 3.96. The van der Waals surface area contributed by atoms with Gasteiger partial charge in [-0.25, -0.2) is 0 Å². The Labute approximate surface area is 113 Å². The number of hydrogen-bond acceptors (Lipinski definition) is 3. The van der Waals surface area contributed by atoms with Crippen molar-refractivity contribution in [3.63, 3.8) is 0 Å². The van der Waals surface area contributed by atoms with Crippen LogP contribution in [0, 0.1) is 5.92 Å². The molecule has 2 aromatic rings. The van der Waals surface area contributed by atoms with Gasteiger partial charge in [0.05, 0.1) is 13.2 Å². The molecule has 0 radical (unpaired) electrons. The molecular weight excluding hydrogens is 238 g/mol. The van der Waals surface area contributed by atoms with Crippen molar-refractivity contribution in [3.8, 4) is 5.75 Å². The maximum absolute atomic E-state index is 5.90. The Morgan fingerprint density at radius 1 is 1.21 bits per heavy atom. The number of ether oxygens (including phenoxy) is 2. The van der Waals surface area contributed by atoms with Crippen molar-refractivity contribution in [1.29, 1.82) is 0 Å². The number of rotatable bonds is 3. The lowest BCUT2D eigenvalue weighted by atomic mass is 9.91. The second-order valence-corrected chi connectivity index (χ2v) is 4.98. The molecular formula is C16H19NO2. The van der Waals surface area contributed by atoms with E-state index in [1.165, 1.54) is 10.9 Å². The zero-order chi connectivity index (χ0) is 13.2. The second-order valence-electron chi connectivity index (χ2n) is 4.98. The molecule has 3 rings (SSSR count). The van der Waals surface area contributed by atoms with Gasteiger partial charge in [-0.3, -0.25) is 0 Å². The molecule has 2 N–H and O–H groups in total. The minimum absolute atomic E-state index is 0.112. The normalized spacial score (nSPS) is 22.8. The van der Waals surface area contributed by atoms with Crippen molar-refractivity contribution in [2.45, 2.75) is 12.5 Å². The first-order valence-corrected chi connectivity index (χ1v) is 6.72. The van der Waals surface area contributed by atoms with Crippen LogP contribution in [0.15, 0.2) is 36.4 Å². The van der Waals surface area contributed by atoms with Gasteiger partial charge in [0.15, 0.2) is 0 Å². The van der Waals surface area contributed by atoms with E-state index in [9.17, 15) is 0 Å². The summed E-state index contributed by atoms with van der Waals surface area (Å²) in [5, 5.41) is 2.33. The summed E-state index contributed by atoms with van der Waals surface area (Å²) < 4.78 is 11.3. The van der Waals surface area contributed by atoms with Gasteiger partial charge in [-0.15, -0.1) is 0 Å². The Morgan fingerprint density at radius 3 is 2.74 bits per heavy atom. The van der Waals surface area contributed by atoms with Crippen molar-refractivity contribution in [2.24, 2.45) is 11.7 Å². The molecule has 1 heterocycles. The number of nitrogens with two attached hydrogens (primary N) is 1. The van der Waals surface area contributed by atoms with E-state index in [0.29, 0.717) is 12.5 Å². The molecule has 1 saturated heterocycles. The van der Waals surface area contributed by atoms with E-state index in [0.717, 1.165) is 24.2 Å². The summed E-state index contributed by atoms with van der Waals surface area (Å²) in [4.78, 5) is 0. The third kappa shape index (κ3) is 2.09. The average Bonchev–Trinajstić information content (AvgIpc) is 2.94. The molecule has 0 bridgehead atoms. The predicted molar refractivity (Wildman–Crippen MR) is 76.4 cm³/mol. The van der Waals surface area contributed by atoms with Crippen LogP contribution < -0.4 is 10.5 Å². The van der Waals surface area contributed by atoms with Crippen molar-refractivity contribution in [1.82, 2.24) is 0 Å². The van der Waals surface area contributed by atoms with Crippen LogP contribution in [0.4, 0.5) is 0 Å². The molecule has 3 nitrogen and oxygen atoms in total. The van der Waals surface area contributed by atoms with Gasteiger partial charge >= 0.3 is 0 Å². The molecule has 2 unspecified atom stereocenters. The number of benzene rings is 2. The van der Waals surface area contributed by atoms with Crippen molar-refractivity contribution in [2.75, 3.05) is 20.3 Å². The van der Waals surface area contributed by atoms with Crippen LogP contribution in [0.2, 0.25) is 0 Å². The van der Waals surface area contributed by atoms with Crippen LogP contribution in [0.3, 0.4) is 0 Å². The van der Waals surface area contributed by atoms with Crippen LogP contribution in [0.25, 0.3) is 10.8 Å². The Hall–Kier alpha value is -1.58. The zero-order valence-corrected chi connectivity index (χ0v) is 11.1. The van der Waals surface area contributed by atoms with Gasteiger partial charge in [-0.05, 0) is 30.0 Å². The van der Waals surface area contributed by atoms with E-state index in [1.54, 1.807) is 7.11 Å². The van der Waals surface area contributed by atoms with Crippen molar-refractivity contribution < 1.29 is 9.47 Å². The average molecular weight is 257 g/mol. The summed E-state index contributed by atoms with van der Waals surface area (Å²) in [6, 6.07) is 12.4. The highest BCUT2D eigenvalue weighted by Gasteiger charge is 2.29. The first-order valence-electron chi connectivity index (χ1n) is 6.72. The van der Waals surface area contributed by atoms with E-state index >= 15 is 0 Å². The van der Waals surface area contributed by atoms with E-state index in [4.69, 9.17) is 15.2 Å². The standard InChI is InChI=1S/C16H19NO2/c1-18-15-7-6-14(12-4-2-3-5-13(12)15)16-11(10-17)8-9-19-16/h2-7,11,16H,8-10,17H2,1H3. The van der Waals surface area contributed by atoms with Gasteiger partial charge in [-0.2, -0.15) is 0 Å². The molecule has 1 aliphatic rings. The van der Waals surface area contributed by atoms with Gasteiger partial charge in [0.25, 0.3) is 0 Å². The number of fused-ring (bicyclic) bond motifs is 1. The predicted octanol–water partition coefficient (Wildman–Crippen LogP) is 2.88. The Bertz CT molecular complexity index is 582. The minimum Gasteiger partial charge on any atom is -0.496 e. The van der Waals surface area contributed by atoms with E-state index in [1.807, 2.05) is 12.1 Å². The topological polar surface area (TPSA) is 44.5 Å². The van der Waals surface area contributed by atoms with Crippen LogP contribution in [-0.2, 0) is 4.74 Å². The first kappa shape index (κ1) is 12.5. The largest absolute Gasteiger partial charge is 0.496 e. The van der Waals surface area contributed by atoms with Crippen LogP contribution >= 0.6 is 0 Å². The second kappa shape index (κ2) is 5.19. The SMILES string of the molecule is COc1ccc(C2OCCC2CN)c2ccccc12. The minimum atomic E-state index is 0.112. The maximum Gasteiger partial charge on any atom is 0.126 e. The van der Waals surface area contributed by atoms with Crippen LogP contribution in [-0.4, -0.2) is 20.3 Å². The highest BCUT2D eigenvalue weighted by molar-refractivity contribution is 5.91. The molecule has 0 aromatic heterocycles. The van der Waals surface area contributed by atoms with Gasteiger partial charge < -0.3 is 15.2 Å². The van der Waals surface area contributed by atoms with Gasteiger partial charge in [0.1, 0.15) is 5.75 Å². The maximum atomic E-state index is 5.90. The van der Waals surface area contributed by atoms with Crippen molar-refractivity contribution in [3.05, 3.63) is 42.0 Å². The smallest absolute Gasteiger partial charge is 0.126 e. The molecule has 19 heavy (non-hydrogen) atoms. The summed E-state index contributed by atoms with van der Waals surface area (Å²) in [6.45, 7) is 1.47. The lowest BCUT2D eigenvalue weighted by molar-refractivity contribution is 0.0936. The summed E-state index contributed by atoms with van der Waals surface area (Å²) >= 11 is 0. The molecule has 2 aromatic carbocycles. The molecule has 1 fully saturated rings. The zero-order valence-electron chi connectivity index (χ0n) is 11.1. The van der Waals surface area contributed by atoms with E-state index < -0.39 is 0 Å².